The Morgan fingerprint density at radius 3 is 2.23 bits per heavy atom. The second kappa shape index (κ2) is 8.82. The number of benzene rings is 2. The van der Waals surface area contributed by atoms with Crippen molar-refractivity contribution in [3.63, 3.8) is 0 Å². The molecule has 1 amide bonds. The highest BCUT2D eigenvalue weighted by Crippen LogP contribution is 2.20. The summed E-state index contributed by atoms with van der Waals surface area (Å²) in [5, 5.41) is 0. The van der Waals surface area contributed by atoms with E-state index in [1.807, 2.05) is 0 Å². The van der Waals surface area contributed by atoms with Crippen LogP contribution in [0.1, 0.15) is 31.9 Å². The van der Waals surface area contributed by atoms with Crippen LogP contribution in [0.2, 0.25) is 0 Å². The van der Waals surface area contributed by atoms with Crippen LogP contribution in [0.25, 0.3) is 0 Å². The number of amides is 1. The molecule has 0 saturated heterocycles. The molecule has 2 aromatic carbocycles. The Kier molecular flexibility index (Phi) is 6.76. The molecular weight excluding hydrogens is 352 g/mol. The fraction of sp³-hybridized carbons (Fsp3) is 0.316. The van der Waals surface area contributed by atoms with Crippen LogP contribution in [0.3, 0.4) is 0 Å². The summed E-state index contributed by atoms with van der Waals surface area (Å²) in [5.41, 5.74) is 5.85. The van der Waals surface area contributed by atoms with E-state index >= 15 is 0 Å². The highest BCUT2D eigenvalue weighted by atomic mass is 32.2. The molecule has 3 N–H and O–H groups in total. The van der Waals surface area contributed by atoms with Gasteiger partial charge in [0.2, 0.25) is 15.9 Å². The van der Waals surface area contributed by atoms with E-state index < -0.39 is 22.0 Å². The number of nitrogens with one attached hydrogen (secondary N) is 1. The molecule has 1 atom stereocenters. The number of sulfonamides is 1. The number of rotatable bonds is 9. The van der Waals surface area contributed by atoms with E-state index in [-0.39, 0.29) is 4.90 Å². The van der Waals surface area contributed by atoms with Gasteiger partial charge in [-0.1, -0.05) is 44.2 Å². The molecule has 26 heavy (non-hydrogen) atoms. The smallest absolute Gasteiger partial charge is 0.241 e. The van der Waals surface area contributed by atoms with Gasteiger partial charge in [0.25, 0.3) is 0 Å². The molecule has 2 rings (SSSR count). The van der Waals surface area contributed by atoms with Crippen LogP contribution in [0.4, 0.5) is 0 Å². The van der Waals surface area contributed by atoms with Crippen molar-refractivity contribution in [3.05, 3.63) is 60.2 Å². The number of carbonyl (C=O) groups is 1. The van der Waals surface area contributed by atoms with Crippen molar-refractivity contribution in [3.8, 4) is 5.75 Å². The Morgan fingerprint density at radius 1 is 1.08 bits per heavy atom. The van der Waals surface area contributed by atoms with Crippen molar-refractivity contribution in [2.24, 2.45) is 11.7 Å². The van der Waals surface area contributed by atoms with Crippen molar-refractivity contribution in [1.29, 1.82) is 0 Å². The average Bonchev–Trinajstić information content (AvgIpc) is 2.60. The lowest BCUT2D eigenvalue weighted by atomic mass is 10.1. The number of hydrogen-bond acceptors (Lipinski definition) is 4. The summed E-state index contributed by atoms with van der Waals surface area (Å²) >= 11 is 0. The Balaban J connectivity index is 2.12. The van der Waals surface area contributed by atoms with E-state index in [9.17, 15) is 13.2 Å². The van der Waals surface area contributed by atoms with Crippen molar-refractivity contribution < 1.29 is 17.9 Å². The fourth-order valence-electron chi connectivity index (χ4n) is 2.29. The molecule has 1 unspecified atom stereocenters. The molecular formula is C19H24N2O4S. The second-order valence-electron chi connectivity index (χ2n) is 6.37. The first-order chi connectivity index (χ1) is 12.3. The van der Waals surface area contributed by atoms with Crippen molar-refractivity contribution in [1.82, 2.24) is 4.72 Å². The summed E-state index contributed by atoms with van der Waals surface area (Å²) in [5.74, 6) is 0.357. The summed E-state index contributed by atoms with van der Waals surface area (Å²) < 4.78 is 33.1. The van der Waals surface area contributed by atoms with E-state index in [1.165, 1.54) is 12.1 Å². The molecule has 140 valence electrons. The Labute approximate surface area is 154 Å². The lowest BCUT2D eigenvalue weighted by Gasteiger charge is -2.16. The van der Waals surface area contributed by atoms with E-state index in [0.717, 1.165) is 6.42 Å². The average molecular weight is 376 g/mol. The molecule has 0 heterocycles. The first-order valence-corrected chi connectivity index (χ1v) is 9.87. The van der Waals surface area contributed by atoms with Gasteiger partial charge in [-0.15, -0.1) is 0 Å². The maximum atomic E-state index is 12.6. The summed E-state index contributed by atoms with van der Waals surface area (Å²) in [7, 11) is -3.91. The van der Waals surface area contributed by atoms with Crippen LogP contribution in [0, 0.1) is 5.92 Å². The Morgan fingerprint density at radius 2 is 1.69 bits per heavy atom. The SMILES string of the molecule is CC(C)CCOc1ccc(S(=O)(=O)NC(C(N)=O)c2ccccc2)cc1. The number of primary amides is 1. The molecule has 2 aromatic rings. The lowest BCUT2D eigenvalue weighted by Crippen LogP contribution is -2.37. The van der Waals surface area contributed by atoms with Crippen LogP contribution in [-0.2, 0) is 14.8 Å². The van der Waals surface area contributed by atoms with E-state index in [2.05, 4.69) is 18.6 Å². The zero-order chi connectivity index (χ0) is 19.2. The lowest BCUT2D eigenvalue weighted by molar-refractivity contribution is -0.119. The third kappa shape index (κ3) is 5.57. The topological polar surface area (TPSA) is 98.5 Å². The van der Waals surface area contributed by atoms with Crippen LogP contribution in [0.5, 0.6) is 5.75 Å². The molecule has 0 radical (unpaired) electrons. The molecule has 0 aliphatic heterocycles. The monoisotopic (exact) mass is 376 g/mol. The van der Waals surface area contributed by atoms with Gasteiger partial charge in [0.05, 0.1) is 11.5 Å². The number of ether oxygens (including phenoxy) is 1. The zero-order valence-corrected chi connectivity index (χ0v) is 15.7. The summed E-state index contributed by atoms with van der Waals surface area (Å²) in [6, 6.07) is 13.4. The first kappa shape index (κ1) is 19.9. The molecule has 0 fully saturated rings. The number of carbonyl (C=O) groups excluding carboxylic acids is 1. The predicted octanol–water partition coefficient (Wildman–Crippen LogP) is 2.62. The highest BCUT2D eigenvalue weighted by molar-refractivity contribution is 7.89. The minimum Gasteiger partial charge on any atom is -0.494 e. The van der Waals surface area contributed by atoms with E-state index in [4.69, 9.17) is 10.5 Å². The minimum absolute atomic E-state index is 0.0379. The van der Waals surface area contributed by atoms with Gasteiger partial charge in [-0.05, 0) is 42.2 Å². The molecule has 0 aliphatic carbocycles. The molecule has 0 aliphatic rings. The molecule has 0 aromatic heterocycles. The largest absolute Gasteiger partial charge is 0.494 e. The molecule has 0 spiro atoms. The van der Waals surface area contributed by atoms with E-state index in [0.29, 0.717) is 23.8 Å². The van der Waals surface area contributed by atoms with Gasteiger partial charge in [0.15, 0.2) is 0 Å². The molecule has 6 nitrogen and oxygen atoms in total. The number of nitrogens with two attached hydrogens (primary N) is 1. The fourth-order valence-corrected chi connectivity index (χ4v) is 3.48. The van der Waals surface area contributed by atoms with Gasteiger partial charge in [0.1, 0.15) is 11.8 Å². The minimum atomic E-state index is -3.91. The summed E-state index contributed by atoms with van der Waals surface area (Å²) in [4.78, 5) is 11.7. The number of hydrogen-bond donors (Lipinski definition) is 2. The van der Waals surface area contributed by atoms with Crippen molar-refractivity contribution in [2.75, 3.05) is 6.61 Å². The van der Waals surface area contributed by atoms with Crippen molar-refractivity contribution >= 4 is 15.9 Å². The van der Waals surface area contributed by atoms with Gasteiger partial charge >= 0.3 is 0 Å². The maximum Gasteiger partial charge on any atom is 0.241 e. The van der Waals surface area contributed by atoms with Gasteiger partial charge in [0, 0.05) is 0 Å². The third-order valence-corrected chi connectivity index (χ3v) is 5.23. The second-order valence-corrected chi connectivity index (χ2v) is 8.08. The van der Waals surface area contributed by atoms with Crippen LogP contribution in [0.15, 0.2) is 59.5 Å². The van der Waals surface area contributed by atoms with Gasteiger partial charge in [-0.3, -0.25) is 4.79 Å². The first-order valence-electron chi connectivity index (χ1n) is 8.39. The highest BCUT2D eigenvalue weighted by Gasteiger charge is 2.25. The van der Waals surface area contributed by atoms with Crippen molar-refractivity contribution in [2.45, 2.75) is 31.2 Å². The van der Waals surface area contributed by atoms with Gasteiger partial charge < -0.3 is 10.5 Å². The predicted molar refractivity (Wildman–Crippen MR) is 100 cm³/mol. The quantitative estimate of drug-likeness (QED) is 0.703. The zero-order valence-electron chi connectivity index (χ0n) is 14.9. The van der Waals surface area contributed by atoms with Gasteiger partial charge in [-0.2, -0.15) is 4.72 Å². The third-order valence-electron chi connectivity index (χ3n) is 3.79. The molecule has 0 bridgehead atoms. The summed E-state index contributed by atoms with van der Waals surface area (Å²) in [6.07, 6.45) is 0.916. The van der Waals surface area contributed by atoms with Crippen LogP contribution in [-0.4, -0.2) is 20.9 Å². The van der Waals surface area contributed by atoms with Crippen LogP contribution >= 0.6 is 0 Å². The molecule has 7 heteroatoms. The molecule has 0 saturated carbocycles. The Hall–Kier alpha value is -2.38. The normalized spacial score (nSPS) is 12.7. The van der Waals surface area contributed by atoms with E-state index in [1.54, 1.807) is 42.5 Å². The van der Waals surface area contributed by atoms with Crippen LogP contribution < -0.4 is 15.2 Å². The maximum absolute atomic E-state index is 12.6. The Bertz CT molecular complexity index is 818. The van der Waals surface area contributed by atoms with Gasteiger partial charge in [-0.25, -0.2) is 8.42 Å². The standard InChI is InChI=1S/C19H24N2O4S/c1-14(2)12-13-25-16-8-10-17(11-9-16)26(23,24)21-18(19(20)22)15-6-4-3-5-7-15/h3-11,14,18,21H,12-13H2,1-2H3,(H2,20,22). The summed E-state index contributed by atoms with van der Waals surface area (Å²) in [6.45, 7) is 4.78.